The Kier molecular flexibility index (Phi) is 6.85. The maximum Gasteiger partial charge on any atom is 0.328 e. The summed E-state index contributed by atoms with van der Waals surface area (Å²) in [6.07, 6.45) is 2.50. The summed E-state index contributed by atoms with van der Waals surface area (Å²) in [4.78, 5) is 10.6. The minimum atomic E-state index is -1.06. The number of carboxylic acids is 1. The molecule has 6 heteroatoms. The molecule has 0 aromatic heterocycles. The van der Waals surface area contributed by atoms with Gasteiger partial charge in [0.25, 0.3) is 0 Å². The number of aliphatic carboxylic acids is 1. The second kappa shape index (κ2) is 8.15. The van der Waals surface area contributed by atoms with Crippen molar-refractivity contribution in [2.45, 2.75) is 20.0 Å². The lowest BCUT2D eigenvalue weighted by atomic mass is 10.2. The Morgan fingerprint density at radius 2 is 2.05 bits per heavy atom. The first-order valence-corrected chi connectivity index (χ1v) is 6.80. The number of ether oxygens (including phenoxy) is 2. The van der Waals surface area contributed by atoms with E-state index in [1.807, 2.05) is 13.8 Å². The highest BCUT2D eigenvalue weighted by Gasteiger charge is 2.09. The molecular formula is C14H16Cl2O4. The van der Waals surface area contributed by atoms with Gasteiger partial charge in [-0.15, -0.1) is 0 Å². The molecule has 4 nitrogen and oxygen atoms in total. The number of hydrogen-bond donors (Lipinski definition) is 1. The van der Waals surface area contributed by atoms with Gasteiger partial charge in [-0.1, -0.05) is 23.2 Å². The third kappa shape index (κ3) is 5.82. The zero-order valence-electron chi connectivity index (χ0n) is 11.2. The molecule has 0 unspecified atom stereocenters. The lowest BCUT2D eigenvalue weighted by Crippen LogP contribution is -2.11. The van der Waals surface area contributed by atoms with E-state index in [1.54, 1.807) is 12.1 Å². The van der Waals surface area contributed by atoms with Crippen molar-refractivity contribution in [3.63, 3.8) is 0 Å². The van der Waals surface area contributed by atoms with Gasteiger partial charge in [0.2, 0.25) is 0 Å². The van der Waals surface area contributed by atoms with Crippen molar-refractivity contribution in [2.75, 3.05) is 13.2 Å². The summed E-state index contributed by atoms with van der Waals surface area (Å²) in [5, 5.41) is 9.40. The Labute approximate surface area is 127 Å². The van der Waals surface area contributed by atoms with Gasteiger partial charge >= 0.3 is 5.97 Å². The molecule has 1 N–H and O–H groups in total. The lowest BCUT2D eigenvalue weighted by Gasteiger charge is -2.13. The van der Waals surface area contributed by atoms with E-state index in [-0.39, 0.29) is 6.10 Å². The van der Waals surface area contributed by atoms with Gasteiger partial charge in [-0.2, -0.15) is 0 Å². The molecule has 110 valence electrons. The zero-order valence-corrected chi connectivity index (χ0v) is 12.7. The van der Waals surface area contributed by atoms with Crippen LogP contribution in [0.4, 0.5) is 0 Å². The van der Waals surface area contributed by atoms with E-state index in [2.05, 4.69) is 0 Å². The highest BCUT2D eigenvalue weighted by atomic mass is 35.5. The molecule has 0 spiro atoms. The molecule has 1 aromatic carbocycles. The molecule has 0 aliphatic heterocycles. The summed E-state index contributed by atoms with van der Waals surface area (Å²) < 4.78 is 10.9. The average molecular weight is 319 g/mol. The molecule has 0 amide bonds. The summed E-state index contributed by atoms with van der Waals surface area (Å²) in [5.74, 6) is -0.670. The Bertz CT molecular complexity index is 498. The molecule has 0 radical (unpaired) electrons. The van der Waals surface area contributed by atoms with E-state index in [1.165, 1.54) is 6.08 Å². The minimum absolute atomic E-state index is 0.116. The molecule has 1 aromatic rings. The van der Waals surface area contributed by atoms with E-state index in [0.717, 1.165) is 6.08 Å². The summed E-state index contributed by atoms with van der Waals surface area (Å²) in [7, 11) is 0. The van der Waals surface area contributed by atoms with Crippen LogP contribution < -0.4 is 4.74 Å². The first-order valence-electron chi connectivity index (χ1n) is 6.04. The summed E-state index contributed by atoms with van der Waals surface area (Å²) in [5.41, 5.74) is 0.509. The maximum absolute atomic E-state index is 10.6. The van der Waals surface area contributed by atoms with Crippen LogP contribution in [-0.2, 0) is 9.53 Å². The van der Waals surface area contributed by atoms with Gasteiger partial charge in [0.05, 0.1) is 17.7 Å². The largest absolute Gasteiger partial charge is 0.489 e. The van der Waals surface area contributed by atoms with E-state index in [0.29, 0.717) is 34.6 Å². The van der Waals surface area contributed by atoms with Gasteiger partial charge < -0.3 is 14.6 Å². The van der Waals surface area contributed by atoms with Gasteiger partial charge in [0.15, 0.2) is 0 Å². The fraction of sp³-hybridized carbons (Fsp3) is 0.357. The third-order valence-electron chi connectivity index (χ3n) is 2.22. The maximum atomic E-state index is 10.6. The van der Waals surface area contributed by atoms with E-state index < -0.39 is 5.97 Å². The Morgan fingerprint density at radius 3 is 2.65 bits per heavy atom. The van der Waals surface area contributed by atoms with Crippen molar-refractivity contribution in [2.24, 2.45) is 0 Å². The molecule has 1 rings (SSSR count). The monoisotopic (exact) mass is 318 g/mol. The second-order valence-electron chi connectivity index (χ2n) is 4.25. The fourth-order valence-corrected chi connectivity index (χ4v) is 2.01. The predicted molar refractivity (Wildman–Crippen MR) is 79.7 cm³/mol. The Hall–Kier alpha value is -1.23. The first kappa shape index (κ1) is 16.8. The molecule has 0 saturated carbocycles. The van der Waals surface area contributed by atoms with Crippen LogP contribution in [0, 0.1) is 0 Å². The number of hydrogen-bond acceptors (Lipinski definition) is 3. The highest BCUT2D eigenvalue weighted by molar-refractivity contribution is 6.35. The van der Waals surface area contributed by atoms with Crippen molar-refractivity contribution >= 4 is 35.2 Å². The van der Waals surface area contributed by atoms with Crippen molar-refractivity contribution in [3.8, 4) is 5.75 Å². The summed E-state index contributed by atoms with van der Waals surface area (Å²) >= 11 is 12.0. The van der Waals surface area contributed by atoms with Gasteiger partial charge in [-0.3, -0.25) is 0 Å². The number of benzene rings is 1. The van der Waals surface area contributed by atoms with Crippen LogP contribution >= 0.6 is 23.2 Å². The molecule has 0 atom stereocenters. The minimum Gasteiger partial charge on any atom is -0.489 e. The zero-order chi connectivity index (χ0) is 15.1. The van der Waals surface area contributed by atoms with Crippen LogP contribution in [0.5, 0.6) is 5.75 Å². The molecule has 0 aliphatic carbocycles. The van der Waals surface area contributed by atoms with Gasteiger partial charge in [0, 0.05) is 16.7 Å². The summed E-state index contributed by atoms with van der Waals surface area (Å²) in [6.45, 7) is 4.58. The highest BCUT2D eigenvalue weighted by Crippen LogP contribution is 2.33. The SMILES string of the molecule is CC(C)OCCOc1c(Cl)cc(Cl)cc1C=CC(=O)O. The Morgan fingerprint density at radius 1 is 1.35 bits per heavy atom. The van der Waals surface area contributed by atoms with Crippen LogP contribution in [0.2, 0.25) is 10.0 Å². The number of carboxylic acid groups (broad SMARTS) is 1. The normalized spacial score (nSPS) is 11.2. The number of halogens is 2. The molecular weight excluding hydrogens is 303 g/mol. The van der Waals surface area contributed by atoms with Gasteiger partial charge in [-0.05, 0) is 32.1 Å². The van der Waals surface area contributed by atoms with E-state index >= 15 is 0 Å². The third-order valence-corrected chi connectivity index (χ3v) is 2.72. The van der Waals surface area contributed by atoms with Crippen LogP contribution in [-0.4, -0.2) is 30.4 Å². The molecule has 0 heterocycles. The molecule has 0 fully saturated rings. The van der Waals surface area contributed by atoms with Crippen LogP contribution in [0.15, 0.2) is 18.2 Å². The van der Waals surface area contributed by atoms with Crippen molar-refractivity contribution < 1.29 is 19.4 Å². The van der Waals surface area contributed by atoms with Crippen LogP contribution in [0.3, 0.4) is 0 Å². The van der Waals surface area contributed by atoms with E-state index in [4.69, 9.17) is 37.8 Å². The summed E-state index contributed by atoms with van der Waals surface area (Å²) in [6, 6.07) is 3.13. The standard InChI is InChI=1S/C14H16Cl2O4/c1-9(2)19-5-6-20-14-10(3-4-13(17)18)7-11(15)8-12(14)16/h3-4,7-9H,5-6H2,1-2H3,(H,17,18). The van der Waals surface area contributed by atoms with Crippen molar-refractivity contribution in [3.05, 3.63) is 33.8 Å². The quantitative estimate of drug-likeness (QED) is 0.612. The fourth-order valence-electron chi connectivity index (χ4n) is 1.44. The first-order chi connectivity index (χ1) is 9.40. The second-order valence-corrected chi connectivity index (χ2v) is 5.09. The average Bonchev–Trinajstić information content (AvgIpc) is 2.33. The van der Waals surface area contributed by atoms with Crippen molar-refractivity contribution in [1.82, 2.24) is 0 Å². The molecule has 0 saturated heterocycles. The number of rotatable bonds is 7. The predicted octanol–water partition coefficient (Wildman–Crippen LogP) is 3.90. The molecule has 0 aliphatic rings. The van der Waals surface area contributed by atoms with E-state index in [9.17, 15) is 4.79 Å². The molecule has 20 heavy (non-hydrogen) atoms. The van der Waals surface area contributed by atoms with Crippen LogP contribution in [0.25, 0.3) is 6.08 Å². The van der Waals surface area contributed by atoms with Gasteiger partial charge in [-0.25, -0.2) is 4.79 Å². The topological polar surface area (TPSA) is 55.8 Å². The van der Waals surface area contributed by atoms with Crippen molar-refractivity contribution in [1.29, 1.82) is 0 Å². The number of carbonyl (C=O) groups is 1. The molecule has 0 bridgehead atoms. The smallest absolute Gasteiger partial charge is 0.328 e. The lowest BCUT2D eigenvalue weighted by molar-refractivity contribution is -0.131. The van der Waals surface area contributed by atoms with Crippen LogP contribution in [0.1, 0.15) is 19.4 Å². The van der Waals surface area contributed by atoms with Gasteiger partial charge in [0.1, 0.15) is 12.4 Å². The Balaban J connectivity index is 2.84.